The fourth-order valence-electron chi connectivity index (χ4n) is 1.73. The average molecular weight is 269 g/mol. The van der Waals surface area contributed by atoms with Crippen molar-refractivity contribution in [2.45, 2.75) is 45.2 Å². The predicted octanol–water partition coefficient (Wildman–Crippen LogP) is 3.03. The summed E-state index contributed by atoms with van der Waals surface area (Å²) in [6.07, 6.45) is 2.75. The number of hydrogen-bond acceptors (Lipinski definition) is 2. The van der Waals surface area contributed by atoms with Gasteiger partial charge < -0.3 is 11.1 Å². The highest BCUT2D eigenvalue weighted by molar-refractivity contribution is 6.30. The molecule has 0 aliphatic heterocycles. The maximum Gasteiger partial charge on any atom is 0.237 e. The zero-order valence-corrected chi connectivity index (χ0v) is 11.7. The van der Waals surface area contributed by atoms with E-state index in [1.165, 1.54) is 0 Å². The van der Waals surface area contributed by atoms with E-state index in [0.717, 1.165) is 24.8 Å². The maximum absolute atomic E-state index is 11.8. The van der Waals surface area contributed by atoms with E-state index in [9.17, 15) is 4.79 Å². The second kappa shape index (κ2) is 7.39. The molecule has 0 aliphatic rings. The molecule has 100 valence electrons. The normalized spacial score (nSPS) is 14.0. The van der Waals surface area contributed by atoms with Crippen LogP contribution in [0.1, 0.15) is 44.7 Å². The molecule has 1 rings (SSSR count). The standard InChI is InChI=1S/C14H21ClN2O/c1-3-4-8-13(16)14(18)17-10(2)11-6-5-7-12(15)9-11/h5-7,9-10,13H,3-4,8,16H2,1-2H3,(H,17,18)/t10?,13-/m0/s1. The summed E-state index contributed by atoms with van der Waals surface area (Å²) in [5.41, 5.74) is 6.81. The highest BCUT2D eigenvalue weighted by Gasteiger charge is 2.16. The van der Waals surface area contributed by atoms with Gasteiger partial charge in [-0.2, -0.15) is 0 Å². The van der Waals surface area contributed by atoms with Gasteiger partial charge in [0.1, 0.15) is 0 Å². The summed E-state index contributed by atoms with van der Waals surface area (Å²) in [7, 11) is 0. The minimum atomic E-state index is -0.424. The van der Waals surface area contributed by atoms with Crippen LogP contribution in [0.5, 0.6) is 0 Å². The third kappa shape index (κ3) is 4.67. The summed E-state index contributed by atoms with van der Waals surface area (Å²) in [6.45, 7) is 4.01. The van der Waals surface area contributed by atoms with Crippen LogP contribution in [0, 0.1) is 0 Å². The molecule has 0 radical (unpaired) electrons. The molecule has 0 saturated heterocycles. The first-order chi connectivity index (χ1) is 8.54. The molecule has 1 unspecified atom stereocenters. The summed E-state index contributed by atoms with van der Waals surface area (Å²) in [4.78, 5) is 11.8. The van der Waals surface area contributed by atoms with Gasteiger partial charge in [-0.25, -0.2) is 0 Å². The van der Waals surface area contributed by atoms with Gasteiger partial charge in [0.15, 0.2) is 0 Å². The minimum Gasteiger partial charge on any atom is -0.348 e. The molecule has 4 heteroatoms. The van der Waals surface area contributed by atoms with Gasteiger partial charge in [0.2, 0.25) is 5.91 Å². The summed E-state index contributed by atoms with van der Waals surface area (Å²) in [6, 6.07) is 6.97. The van der Waals surface area contributed by atoms with Gasteiger partial charge in [-0.15, -0.1) is 0 Å². The van der Waals surface area contributed by atoms with E-state index in [-0.39, 0.29) is 11.9 Å². The Morgan fingerprint density at radius 2 is 2.22 bits per heavy atom. The third-order valence-electron chi connectivity index (χ3n) is 2.91. The third-order valence-corrected chi connectivity index (χ3v) is 3.15. The molecule has 3 N–H and O–H groups in total. The molecular formula is C14H21ClN2O. The molecule has 0 fully saturated rings. The Morgan fingerprint density at radius 3 is 2.83 bits per heavy atom. The Kier molecular flexibility index (Phi) is 6.16. The first kappa shape index (κ1) is 15.0. The molecule has 1 aromatic rings. The Bertz CT molecular complexity index is 395. The smallest absolute Gasteiger partial charge is 0.237 e. The highest BCUT2D eigenvalue weighted by atomic mass is 35.5. The van der Waals surface area contributed by atoms with Gasteiger partial charge in [0.05, 0.1) is 12.1 Å². The molecule has 0 aromatic heterocycles. The van der Waals surface area contributed by atoms with Crippen molar-refractivity contribution in [2.24, 2.45) is 5.73 Å². The van der Waals surface area contributed by atoms with E-state index < -0.39 is 6.04 Å². The first-order valence-electron chi connectivity index (χ1n) is 6.36. The fourth-order valence-corrected chi connectivity index (χ4v) is 1.93. The molecule has 1 aromatic carbocycles. The lowest BCUT2D eigenvalue weighted by molar-refractivity contribution is -0.123. The maximum atomic E-state index is 11.8. The molecule has 0 aliphatic carbocycles. The fraction of sp³-hybridized carbons (Fsp3) is 0.500. The van der Waals surface area contributed by atoms with Gasteiger partial charge in [0.25, 0.3) is 0 Å². The van der Waals surface area contributed by atoms with Crippen LogP contribution in [-0.4, -0.2) is 11.9 Å². The number of halogens is 1. The van der Waals surface area contributed by atoms with Crippen molar-refractivity contribution in [1.29, 1.82) is 0 Å². The molecular weight excluding hydrogens is 248 g/mol. The monoisotopic (exact) mass is 268 g/mol. The molecule has 0 saturated carbocycles. The van der Waals surface area contributed by atoms with Crippen LogP contribution >= 0.6 is 11.6 Å². The second-order valence-electron chi connectivity index (χ2n) is 4.53. The average Bonchev–Trinajstić information content (AvgIpc) is 2.35. The molecule has 3 nitrogen and oxygen atoms in total. The van der Waals surface area contributed by atoms with Gasteiger partial charge in [-0.1, -0.05) is 43.5 Å². The van der Waals surface area contributed by atoms with E-state index in [1.54, 1.807) is 0 Å². The lowest BCUT2D eigenvalue weighted by Crippen LogP contribution is -2.41. The second-order valence-corrected chi connectivity index (χ2v) is 4.97. The summed E-state index contributed by atoms with van der Waals surface area (Å²) < 4.78 is 0. The number of carbonyl (C=O) groups is 1. The molecule has 0 spiro atoms. The van der Waals surface area contributed by atoms with Gasteiger partial charge in [0, 0.05) is 5.02 Å². The van der Waals surface area contributed by atoms with Gasteiger partial charge in [-0.3, -0.25) is 4.79 Å². The van der Waals surface area contributed by atoms with Crippen molar-refractivity contribution in [1.82, 2.24) is 5.32 Å². The van der Waals surface area contributed by atoms with Crippen molar-refractivity contribution in [3.63, 3.8) is 0 Å². The van der Waals surface area contributed by atoms with Crippen molar-refractivity contribution in [3.8, 4) is 0 Å². The predicted molar refractivity (Wildman–Crippen MR) is 75.5 cm³/mol. The van der Waals surface area contributed by atoms with Crippen molar-refractivity contribution >= 4 is 17.5 Å². The van der Waals surface area contributed by atoms with Crippen LogP contribution in [0.2, 0.25) is 5.02 Å². The zero-order chi connectivity index (χ0) is 13.5. The summed E-state index contributed by atoms with van der Waals surface area (Å²) in [5, 5.41) is 3.58. The van der Waals surface area contributed by atoms with E-state index >= 15 is 0 Å². The van der Waals surface area contributed by atoms with E-state index in [1.807, 2.05) is 31.2 Å². The number of nitrogens with one attached hydrogen (secondary N) is 1. The Hall–Kier alpha value is -1.06. The minimum absolute atomic E-state index is 0.0797. The molecule has 0 heterocycles. The summed E-state index contributed by atoms with van der Waals surface area (Å²) >= 11 is 5.92. The number of amides is 1. The van der Waals surface area contributed by atoms with Crippen LogP contribution in [0.15, 0.2) is 24.3 Å². The van der Waals surface area contributed by atoms with E-state index in [0.29, 0.717) is 5.02 Å². The van der Waals surface area contributed by atoms with Crippen LogP contribution in [0.4, 0.5) is 0 Å². The number of benzene rings is 1. The Morgan fingerprint density at radius 1 is 1.50 bits per heavy atom. The SMILES string of the molecule is CCCC[C@H](N)C(=O)NC(C)c1cccc(Cl)c1. The largest absolute Gasteiger partial charge is 0.348 e. The number of carbonyl (C=O) groups excluding carboxylic acids is 1. The van der Waals surface area contributed by atoms with Gasteiger partial charge >= 0.3 is 0 Å². The van der Waals surface area contributed by atoms with Crippen molar-refractivity contribution in [3.05, 3.63) is 34.9 Å². The number of unbranched alkanes of at least 4 members (excludes halogenated alkanes) is 1. The Labute approximate surface area is 114 Å². The molecule has 0 bridgehead atoms. The molecule has 18 heavy (non-hydrogen) atoms. The van der Waals surface area contributed by atoms with Crippen LogP contribution in [0.25, 0.3) is 0 Å². The summed E-state index contributed by atoms with van der Waals surface area (Å²) in [5.74, 6) is -0.101. The lowest BCUT2D eigenvalue weighted by atomic mass is 10.1. The first-order valence-corrected chi connectivity index (χ1v) is 6.73. The highest BCUT2D eigenvalue weighted by Crippen LogP contribution is 2.17. The topological polar surface area (TPSA) is 55.1 Å². The van der Waals surface area contributed by atoms with Crippen LogP contribution < -0.4 is 11.1 Å². The van der Waals surface area contributed by atoms with Gasteiger partial charge in [-0.05, 0) is 31.0 Å². The van der Waals surface area contributed by atoms with Crippen molar-refractivity contribution < 1.29 is 4.79 Å². The number of hydrogen-bond donors (Lipinski definition) is 2. The quantitative estimate of drug-likeness (QED) is 0.833. The number of nitrogens with two attached hydrogens (primary N) is 1. The van der Waals surface area contributed by atoms with E-state index in [2.05, 4.69) is 12.2 Å². The number of rotatable bonds is 6. The molecule has 1 amide bonds. The lowest BCUT2D eigenvalue weighted by Gasteiger charge is -2.18. The Balaban J connectivity index is 2.54. The molecule has 2 atom stereocenters. The van der Waals surface area contributed by atoms with Crippen LogP contribution in [-0.2, 0) is 4.79 Å². The van der Waals surface area contributed by atoms with Crippen LogP contribution in [0.3, 0.4) is 0 Å². The zero-order valence-electron chi connectivity index (χ0n) is 10.9. The van der Waals surface area contributed by atoms with Crippen molar-refractivity contribution in [2.75, 3.05) is 0 Å². The van der Waals surface area contributed by atoms with E-state index in [4.69, 9.17) is 17.3 Å².